The number of thiazole rings is 1. The average Bonchev–Trinajstić information content (AvgIpc) is 3.07. The van der Waals surface area contributed by atoms with Gasteiger partial charge in [-0.1, -0.05) is 13.8 Å². The van der Waals surface area contributed by atoms with E-state index in [1.165, 1.54) is 11.3 Å². The summed E-state index contributed by atoms with van der Waals surface area (Å²) in [5.41, 5.74) is 1.12. The summed E-state index contributed by atoms with van der Waals surface area (Å²) in [6, 6.07) is 1.80. The van der Waals surface area contributed by atoms with Crippen LogP contribution in [0.1, 0.15) is 40.1 Å². The Balaban J connectivity index is 1.85. The van der Waals surface area contributed by atoms with Crippen LogP contribution in [-0.4, -0.2) is 24.5 Å². The molecule has 2 aromatic heterocycles. The maximum Gasteiger partial charge on any atom is 0.265 e. The van der Waals surface area contributed by atoms with Gasteiger partial charge in [-0.2, -0.15) is 0 Å². The van der Waals surface area contributed by atoms with Gasteiger partial charge in [0.05, 0.1) is 17.8 Å². The van der Waals surface area contributed by atoms with E-state index in [0.717, 1.165) is 17.1 Å². The number of methoxy groups -OCH3 is 1. The van der Waals surface area contributed by atoms with Gasteiger partial charge >= 0.3 is 0 Å². The second kappa shape index (κ2) is 6.85. The Morgan fingerprint density at radius 1 is 1.45 bits per heavy atom. The first-order valence-corrected chi connectivity index (χ1v) is 8.21. The van der Waals surface area contributed by atoms with Gasteiger partial charge < -0.3 is 10.1 Å². The molecule has 6 heteroatoms. The Morgan fingerprint density at radius 2 is 2.25 bits per heavy atom. The fourth-order valence-corrected chi connectivity index (χ4v) is 3.43. The van der Waals surface area contributed by atoms with Crippen molar-refractivity contribution < 1.29 is 9.53 Å². The van der Waals surface area contributed by atoms with Gasteiger partial charge in [0.2, 0.25) is 0 Å². The molecule has 2 rings (SSSR count). The summed E-state index contributed by atoms with van der Waals surface area (Å²) < 4.78 is 5.14. The maximum absolute atomic E-state index is 12.0. The van der Waals surface area contributed by atoms with Crippen LogP contribution in [0, 0.1) is 0 Å². The summed E-state index contributed by atoms with van der Waals surface area (Å²) in [7, 11) is 1.57. The third-order valence-electron chi connectivity index (χ3n) is 2.84. The predicted molar refractivity (Wildman–Crippen MR) is 83.1 cm³/mol. The van der Waals surface area contributed by atoms with E-state index in [-0.39, 0.29) is 5.91 Å². The first-order valence-electron chi connectivity index (χ1n) is 6.45. The molecule has 0 aliphatic heterocycles. The highest BCUT2D eigenvalue weighted by Crippen LogP contribution is 2.24. The molecule has 0 spiro atoms. The summed E-state index contributed by atoms with van der Waals surface area (Å²) in [5, 5.41) is 7.91. The number of hydrogen-bond donors (Lipinski definition) is 1. The van der Waals surface area contributed by atoms with Crippen LogP contribution in [-0.2, 0) is 6.42 Å². The summed E-state index contributed by atoms with van der Waals surface area (Å²) in [5.74, 6) is 0.992. The minimum atomic E-state index is -0.0857. The fraction of sp³-hybridized carbons (Fsp3) is 0.429. The van der Waals surface area contributed by atoms with Crippen LogP contribution in [0.25, 0.3) is 0 Å². The van der Waals surface area contributed by atoms with E-state index in [4.69, 9.17) is 4.74 Å². The molecule has 108 valence electrons. The van der Waals surface area contributed by atoms with Gasteiger partial charge in [-0.05, 0) is 17.4 Å². The number of carbonyl (C=O) groups is 1. The number of rotatable bonds is 6. The predicted octanol–water partition coefficient (Wildman–Crippen LogP) is 3.31. The SMILES string of the molecule is COc1ccsc1C(=O)NCCc1nc(C(C)C)cs1. The number of carbonyl (C=O) groups excluding carboxylic acids is 1. The third kappa shape index (κ3) is 3.58. The molecule has 0 fully saturated rings. The minimum Gasteiger partial charge on any atom is -0.495 e. The molecule has 20 heavy (non-hydrogen) atoms. The number of aromatic nitrogens is 1. The fourth-order valence-electron chi connectivity index (χ4n) is 1.69. The molecule has 0 aliphatic rings. The van der Waals surface area contributed by atoms with Gasteiger partial charge in [0.15, 0.2) is 0 Å². The van der Waals surface area contributed by atoms with Gasteiger partial charge in [-0.3, -0.25) is 4.79 Å². The Hall–Kier alpha value is -1.40. The number of amides is 1. The van der Waals surface area contributed by atoms with Crippen LogP contribution < -0.4 is 10.1 Å². The van der Waals surface area contributed by atoms with Crippen LogP contribution in [0.3, 0.4) is 0 Å². The largest absolute Gasteiger partial charge is 0.495 e. The van der Waals surface area contributed by atoms with Gasteiger partial charge in [-0.15, -0.1) is 22.7 Å². The second-order valence-corrected chi connectivity index (χ2v) is 6.50. The molecule has 0 saturated carbocycles. The van der Waals surface area contributed by atoms with E-state index in [1.54, 1.807) is 24.5 Å². The first-order chi connectivity index (χ1) is 9.61. The normalized spacial score (nSPS) is 10.8. The van der Waals surface area contributed by atoms with Crippen molar-refractivity contribution >= 4 is 28.6 Å². The van der Waals surface area contributed by atoms with Crippen molar-refractivity contribution in [3.8, 4) is 5.75 Å². The van der Waals surface area contributed by atoms with E-state index in [2.05, 4.69) is 29.5 Å². The third-order valence-corrected chi connectivity index (χ3v) is 4.66. The molecule has 0 atom stereocenters. The van der Waals surface area contributed by atoms with Crippen molar-refractivity contribution in [3.63, 3.8) is 0 Å². The summed E-state index contributed by atoms with van der Waals surface area (Å²) in [6.45, 7) is 4.85. The zero-order valence-corrected chi connectivity index (χ0v) is 13.4. The van der Waals surface area contributed by atoms with E-state index >= 15 is 0 Å². The van der Waals surface area contributed by atoms with Crippen LogP contribution in [0.4, 0.5) is 0 Å². The van der Waals surface area contributed by atoms with Crippen LogP contribution in [0.2, 0.25) is 0 Å². The molecule has 0 aromatic carbocycles. The van der Waals surface area contributed by atoms with E-state index in [9.17, 15) is 4.79 Å². The number of nitrogens with zero attached hydrogens (tertiary/aromatic N) is 1. The lowest BCUT2D eigenvalue weighted by Gasteiger charge is -2.04. The molecule has 0 aliphatic carbocycles. The quantitative estimate of drug-likeness (QED) is 0.890. The topological polar surface area (TPSA) is 51.2 Å². The molecular weight excluding hydrogens is 292 g/mol. The highest BCUT2D eigenvalue weighted by molar-refractivity contribution is 7.12. The molecule has 2 heterocycles. The van der Waals surface area contributed by atoms with Crippen molar-refractivity contribution in [2.24, 2.45) is 0 Å². The number of thiophene rings is 1. The molecule has 0 bridgehead atoms. The summed E-state index contributed by atoms with van der Waals surface area (Å²) in [6.07, 6.45) is 0.761. The van der Waals surface area contributed by atoms with Crippen LogP contribution in [0.15, 0.2) is 16.8 Å². The van der Waals surface area contributed by atoms with Crippen molar-refractivity contribution in [3.05, 3.63) is 32.4 Å². The minimum absolute atomic E-state index is 0.0857. The van der Waals surface area contributed by atoms with Crippen molar-refractivity contribution in [2.45, 2.75) is 26.2 Å². The maximum atomic E-state index is 12.0. The Bertz CT molecular complexity index is 575. The van der Waals surface area contributed by atoms with Gasteiger partial charge in [0.1, 0.15) is 10.6 Å². The number of nitrogens with one attached hydrogen (secondary N) is 1. The first kappa shape index (κ1) is 15.0. The molecule has 4 nitrogen and oxygen atoms in total. The van der Waals surface area contributed by atoms with E-state index < -0.39 is 0 Å². The smallest absolute Gasteiger partial charge is 0.265 e. The van der Waals surface area contributed by atoms with Gasteiger partial charge in [0, 0.05) is 18.3 Å². The number of hydrogen-bond acceptors (Lipinski definition) is 5. The Kier molecular flexibility index (Phi) is 5.14. The van der Waals surface area contributed by atoms with Crippen LogP contribution in [0.5, 0.6) is 5.75 Å². The van der Waals surface area contributed by atoms with Gasteiger partial charge in [-0.25, -0.2) is 4.98 Å². The summed E-state index contributed by atoms with van der Waals surface area (Å²) in [4.78, 5) is 17.2. The average molecular weight is 310 g/mol. The standard InChI is InChI=1S/C14H18N2O2S2/c1-9(2)10-8-20-12(16-10)4-6-15-14(17)13-11(18-3)5-7-19-13/h5,7-9H,4,6H2,1-3H3,(H,15,17). The van der Waals surface area contributed by atoms with Gasteiger partial charge in [0.25, 0.3) is 5.91 Å². The van der Waals surface area contributed by atoms with E-state index in [1.807, 2.05) is 5.38 Å². The van der Waals surface area contributed by atoms with Crippen molar-refractivity contribution in [1.29, 1.82) is 0 Å². The zero-order valence-electron chi connectivity index (χ0n) is 11.8. The van der Waals surface area contributed by atoms with Crippen LogP contribution >= 0.6 is 22.7 Å². The Morgan fingerprint density at radius 3 is 2.90 bits per heavy atom. The lowest BCUT2D eigenvalue weighted by atomic mass is 10.2. The summed E-state index contributed by atoms with van der Waals surface area (Å²) >= 11 is 3.04. The molecule has 0 radical (unpaired) electrons. The number of ether oxygens (including phenoxy) is 1. The molecule has 2 aromatic rings. The van der Waals surface area contributed by atoms with Crippen molar-refractivity contribution in [1.82, 2.24) is 10.3 Å². The highest BCUT2D eigenvalue weighted by Gasteiger charge is 2.13. The Labute approximate surface area is 126 Å². The molecule has 1 N–H and O–H groups in total. The lowest BCUT2D eigenvalue weighted by Crippen LogP contribution is -2.25. The zero-order chi connectivity index (χ0) is 14.5. The molecule has 1 amide bonds. The van der Waals surface area contributed by atoms with Crippen molar-refractivity contribution in [2.75, 3.05) is 13.7 Å². The monoisotopic (exact) mass is 310 g/mol. The molecule has 0 unspecified atom stereocenters. The highest BCUT2D eigenvalue weighted by atomic mass is 32.1. The molecular formula is C14H18N2O2S2. The molecule has 0 saturated heterocycles. The van der Waals surface area contributed by atoms with E-state index in [0.29, 0.717) is 23.1 Å². The second-order valence-electron chi connectivity index (χ2n) is 4.64. The lowest BCUT2D eigenvalue weighted by molar-refractivity contribution is 0.0955.